The van der Waals surface area contributed by atoms with Gasteiger partial charge in [-0.15, -0.1) is 0 Å². The largest absolute Gasteiger partial charge is 0.497 e. The lowest BCUT2D eigenvalue weighted by Gasteiger charge is -2.28. The highest BCUT2D eigenvalue weighted by Crippen LogP contribution is 2.27. The molecule has 3 N–H and O–H groups in total. The van der Waals surface area contributed by atoms with Crippen LogP contribution in [0.25, 0.3) is 0 Å². The summed E-state index contributed by atoms with van der Waals surface area (Å²) in [6.45, 7) is 2.28. The maximum Gasteiger partial charge on any atom is 0.255 e. The third-order valence-electron chi connectivity index (χ3n) is 5.28. The lowest BCUT2D eigenvalue weighted by Crippen LogP contribution is -2.37. The van der Waals surface area contributed by atoms with Crippen molar-refractivity contribution in [3.05, 3.63) is 53.6 Å². The minimum atomic E-state index is -3.93. The molecule has 1 unspecified atom stereocenters. The van der Waals surface area contributed by atoms with Gasteiger partial charge in [0.1, 0.15) is 11.5 Å². The summed E-state index contributed by atoms with van der Waals surface area (Å²) in [5.74, 6) is 0.629. The molecule has 0 bridgehead atoms. The Labute approximate surface area is 177 Å². The first kappa shape index (κ1) is 22.1. The van der Waals surface area contributed by atoms with Crippen LogP contribution in [0.5, 0.6) is 11.5 Å². The van der Waals surface area contributed by atoms with Crippen molar-refractivity contribution in [2.24, 2.45) is 5.14 Å². The van der Waals surface area contributed by atoms with Crippen molar-refractivity contribution in [3.63, 3.8) is 0 Å². The first-order chi connectivity index (χ1) is 14.3. The van der Waals surface area contributed by atoms with Gasteiger partial charge in [-0.05, 0) is 61.8 Å². The summed E-state index contributed by atoms with van der Waals surface area (Å²) < 4.78 is 33.8. The number of nitrogens with zero attached hydrogens (tertiary/aromatic N) is 1. The van der Waals surface area contributed by atoms with E-state index in [1.807, 2.05) is 24.3 Å². The summed E-state index contributed by atoms with van der Waals surface area (Å²) in [5, 5.41) is 8.13. The second kappa shape index (κ2) is 9.46. The Morgan fingerprint density at radius 1 is 1.10 bits per heavy atom. The van der Waals surface area contributed by atoms with Gasteiger partial charge in [-0.25, -0.2) is 13.6 Å². The van der Waals surface area contributed by atoms with Crippen LogP contribution in [-0.4, -0.2) is 53.1 Å². The van der Waals surface area contributed by atoms with Crippen LogP contribution < -0.4 is 19.9 Å². The molecule has 1 amide bonds. The van der Waals surface area contributed by atoms with E-state index in [-0.39, 0.29) is 22.3 Å². The standard InChI is InChI=1S/C21H27N3O5S/c1-28-16-7-5-15(6-8-16)19(24-11-3-4-12-24)14-23-21(25)18-13-17(30(22,26)27)9-10-20(18)29-2/h5-10,13,19H,3-4,11-12,14H2,1-2H3,(H,23,25)(H2,22,26,27). The molecular formula is C21H27N3O5S. The quantitative estimate of drug-likeness (QED) is 0.658. The average Bonchev–Trinajstić information content (AvgIpc) is 3.27. The van der Waals surface area contributed by atoms with Gasteiger partial charge in [0.25, 0.3) is 5.91 Å². The van der Waals surface area contributed by atoms with Gasteiger partial charge < -0.3 is 14.8 Å². The number of primary sulfonamides is 1. The predicted molar refractivity (Wildman–Crippen MR) is 113 cm³/mol. The maximum atomic E-state index is 12.9. The Kier molecular flexibility index (Phi) is 6.96. The number of likely N-dealkylation sites (tertiary alicyclic amines) is 1. The highest BCUT2D eigenvalue weighted by atomic mass is 32.2. The second-order valence-corrected chi connectivity index (χ2v) is 8.71. The van der Waals surface area contributed by atoms with Gasteiger partial charge >= 0.3 is 0 Å². The van der Waals surface area contributed by atoms with Crippen LogP contribution in [0.2, 0.25) is 0 Å². The van der Waals surface area contributed by atoms with Gasteiger partial charge in [0, 0.05) is 6.54 Å². The fourth-order valence-corrected chi connectivity index (χ4v) is 4.20. The minimum absolute atomic E-state index is 0.00484. The van der Waals surface area contributed by atoms with E-state index >= 15 is 0 Å². The van der Waals surface area contributed by atoms with Crippen molar-refractivity contribution in [2.75, 3.05) is 33.9 Å². The number of sulfonamides is 1. The Morgan fingerprint density at radius 3 is 2.33 bits per heavy atom. The third kappa shape index (κ3) is 5.10. The van der Waals surface area contributed by atoms with Crippen LogP contribution >= 0.6 is 0 Å². The van der Waals surface area contributed by atoms with Gasteiger partial charge in [-0.2, -0.15) is 0 Å². The molecular weight excluding hydrogens is 406 g/mol. The topological polar surface area (TPSA) is 111 Å². The molecule has 30 heavy (non-hydrogen) atoms. The van der Waals surface area contributed by atoms with Crippen LogP contribution in [0.1, 0.15) is 34.8 Å². The number of amides is 1. The molecule has 1 atom stereocenters. The SMILES string of the molecule is COc1ccc(C(CNC(=O)c2cc(S(N)(=O)=O)ccc2OC)N2CCCC2)cc1. The molecule has 1 fully saturated rings. The number of carbonyl (C=O) groups is 1. The maximum absolute atomic E-state index is 12.9. The van der Waals surface area contributed by atoms with Crippen LogP contribution in [-0.2, 0) is 10.0 Å². The Balaban J connectivity index is 1.82. The number of methoxy groups -OCH3 is 2. The lowest BCUT2D eigenvalue weighted by atomic mass is 10.0. The summed E-state index contributed by atoms with van der Waals surface area (Å²) in [5.41, 5.74) is 1.20. The number of nitrogens with one attached hydrogen (secondary N) is 1. The molecule has 2 aromatic rings. The van der Waals surface area contributed by atoms with Gasteiger partial charge in [0.05, 0.1) is 30.7 Å². The van der Waals surface area contributed by atoms with Crippen LogP contribution in [0.3, 0.4) is 0 Å². The van der Waals surface area contributed by atoms with Crippen molar-refractivity contribution in [3.8, 4) is 11.5 Å². The molecule has 1 aliphatic heterocycles. The molecule has 2 aromatic carbocycles. The molecule has 9 heteroatoms. The summed E-state index contributed by atoms with van der Waals surface area (Å²) in [4.78, 5) is 15.1. The van der Waals surface area contributed by atoms with E-state index in [0.717, 1.165) is 37.2 Å². The monoisotopic (exact) mass is 433 g/mol. The van der Waals surface area contributed by atoms with E-state index in [0.29, 0.717) is 6.54 Å². The summed E-state index contributed by atoms with van der Waals surface area (Å²) in [6.07, 6.45) is 2.23. The normalized spacial score (nSPS) is 15.6. The molecule has 3 rings (SSSR count). The highest BCUT2D eigenvalue weighted by Gasteiger charge is 2.25. The second-order valence-electron chi connectivity index (χ2n) is 7.15. The van der Waals surface area contributed by atoms with E-state index in [1.54, 1.807) is 7.11 Å². The molecule has 0 aromatic heterocycles. The molecule has 0 radical (unpaired) electrons. The van der Waals surface area contributed by atoms with Gasteiger partial charge in [-0.3, -0.25) is 9.69 Å². The van der Waals surface area contributed by atoms with Crippen LogP contribution in [0, 0.1) is 0 Å². The van der Waals surface area contributed by atoms with E-state index in [2.05, 4.69) is 10.2 Å². The Bertz CT molecular complexity index is 986. The number of nitrogens with two attached hydrogens (primary N) is 1. The number of hydrogen-bond donors (Lipinski definition) is 2. The summed E-state index contributed by atoms with van der Waals surface area (Å²) in [6, 6.07) is 11.8. The number of hydrogen-bond acceptors (Lipinski definition) is 6. The van der Waals surface area contributed by atoms with E-state index in [9.17, 15) is 13.2 Å². The fourth-order valence-electron chi connectivity index (χ4n) is 3.66. The van der Waals surface area contributed by atoms with Crippen molar-refractivity contribution >= 4 is 15.9 Å². The van der Waals surface area contributed by atoms with E-state index < -0.39 is 15.9 Å². The smallest absolute Gasteiger partial charge is 0.255 e. The summed E-state index contributed by atoms with van der Waals surface area (Å²) in [7, 11) is -0.888. The molecule has 1 saturated heterocycles. The van der Waals surface area contributed by atoms with Crippen LogP contribution in [0.4, 0.5) is 0 Å². The zero-order valence-corrected chi connectivity index (χ0v) is 17.9. The van der Waals surface area contributed by atoms with Crippen LogP contribution in [0.15, 0.2) is 47.4 Å². The fraction of sp³-hybridized carbons (Fsp3) is 0.381. The molecule has 1 aliphatic rings. The van der Waals surface area contributed by atoms with Gasteiger partial charge in [-0.1, -0.05) is 12.1 Å². The Morgan fingerprint density at radius 2 is 1.77 bits per heavy atom. The lowest BCUT2D eigenvalue weighted by molar-refractivity contribution is 0.0934. The van der Waals surface area contributed by atoms with E-state index in [1.165, 1.54) is 25.3 Å². The van der Waals surface area contributed by atoms with Crippen molar-refractivity contribution in [1.82, 2.24) is 10.2 Å². The van der Waals surface area contributed by atoms with Crippen molar-refractivity contribution < 1.29 is 22.7 Å². The predicted octanol–water partition coefficient (Wildman–Crippen LogP) is 1.92. The average molecular weight is 434 g/mol. The number of ether oxygens (including phenoxy) is 2. The first-order valence-electron chi connectivity index (χ1n) is 9.70. The number of carbonyl (C=O) groups excluding carboxylic acids is 1. The molecule has 0 aliphatic carbocycles. The third-order valence-corrected chi connectivity index (χ3v) is 6.19. The van der Waals surface area contributed by atoms with Crippen molar-refractivity contribution in [2.45, 2.75) is 23.8 Å². The first-order valence-corrected chi connectivity index (χ1v) is 11.2. The van der Waals surface area contributed by atoms with E-state index in [4.69, 9.17) is 14.6 Å². The van der Waals surface area contributed by atoms with Crippen molar-refractivity contribution in [1.29, 1.82) is 0 Å². The molecule has 0 saturated carbocycles. The van der Waals surface area contributed by atoms with Gasteiger partial charge in [0.2, 0.25) is 10.0 Å². The molecule has 1 heterocycles. The zero-order chi connectivity index (χ0) is 21.7. The minimum Gasteiger partial charge on any atom is -0.497 e. The zero-order valence-electron chi connectivity index (χ0n) is 17.1. The van der Waals surface area contributed by atoms with Gasteiger partial charge in [0.15, 0.2) is 0 Å². The Hall–Kier alpha value is -2.62. The number of rotatable bonds is 8. The molecule has 162 valence electrons. The number of benzene rings is 2. The molecule has 0 spiro atoms. The molecule has 8 nitrogen and oxygen atoms in total. The highest BCUT2D eigenvalue weighted by molar-refractivity contribution is 7.89. The summed E-state index contributed by atoms with van der Waals surface area (Å²) >= 11 is 0.